The van der Waals surface area contributed by atoms with Gasteiger partial charge in [-0.1, -0.05) is 17.3 Å². The molecule has 0 spiro atoms. The molecule has 2 aromatic rings. The monoisotopic (exact) mass is 432 g/mol. The van der Waals surface area contributed by atoms with E-state index in [9.17, 15) is 4.39 Å². The highest BCUT2D eigenvalue weighted by Gasteiger charge is 2.12. The first-order chi connectivity index (χ1) is 10.5. The largest absolute Gasteiger partial charge is 0.361 e. The van der Waals surface area contributed by atoms with E-state index in [2.05, 4.69) is 15.5 Å². The van der Waals surface area contributed by atoms with Crippen LogP contribution in [0.1, 0.15) is 22.6 Å². The smallest absolute Gasteiger partial charge is 0.193 e. The summed E-state index contributed by atoms with van der Waals surface area (Å²) in [4.78, 5) is 6.19. The maximum atomic E-state index is 13.2. The predicted octanol–water partition coefficient (Wildman–Crippen LogP) is 3.26. The molecule has 0 amide bonds. The van der Waals surface area contributed by atoms with E-state index in [-0.39, 0.29) is 29.8 Å². The Morgan fingerprint density at radius 3 is 2.70 bits per heavy atom. The van der Waals surface area contributed by atoms with Gasteiger partial charge in [-0.2, -0.15) is 0 Å². The van der Waals surface area contributed by atoms with Crippen LogP contribution in [-0.4, -0.2) is 30.1 Å². The topological polar surface area (TPSA) is 53.7 Å². The molecule has 126 valence electrons. The van der Waals surface area contributed by atoms with E-state index in [4.69, 9.17) is 4.52 Å². The highest BCUT2D eigenvalue weighted by atomic mass is 127. The fourth-order valence-corrected chi connectivity index (χ4v) is 2.29. The Balaban J connectivity index is 0.00000264. The SMILES string of the molecule is CN=C(NCc1c(C)noc1C)N(C)Cc1cccc(F)c1.I. The van der Waals surface area contributed by atoms with E-state index >= 15 is 0 Å². The molecule has 0 fully saturated rings. The first-order valence-electron chi connectivity index (χ1n) is 7.09. The van der Waals surface area contributed by atoms with Crippen molar-refractivity contribution in [2.45, 2.75) is 26.9 Å². The van der Waals surface area contributed by atoms with Crippen molar-refractivity contribution >= 4 is 29.9 Å². The van der Waals surface area contributed by atoms with Gasteiger partial charge in [0.25, 0.3) is 0 Å². The summed E-state index contributed by atoms with van der Waals surface area (Å²) in [5, 5.41) is 7.20. The zero-order chi connectivity index (χ0) is 16.1. The van der Waals surface area contributed by atoms with Crippen LogP contribution in [0.2, 0.25) is 0 Å². The normalized spacial score (nSPS) is 11.1. The van der Waals surface area contributed by atoms with Crippen LogP contribution in [0.15, 0.2) is 33.8 Å². The van der Waals surface area contributed by atoms with Gasteiger partial charge in [0.05, 0.1) is 5.69 Å². The fourth-order valence-electron chi connectivity index (χ4n) is 2.29. The maximum absolute atomic E-state index is 13.2. The molecular weight excluding hydrogens is 410 g/mol. The van der Waals surface area contributed by atoms with E-state index in [1.165, 1.54) is 12.1 Å². The summed E-state index contributed by atoms with van der Waals surface area (Å²) < 4.78 is 18.4. The van der Waals surface area contributed by atoms with Crippen LogP contribution in [0.5, 0.6) is 0 Å². The van der Waals surface area contributed by atoms with Gasteiger partial charge in [-0.3, -0.25) is 4.99 Å². The Kier molecular flexibility index (Phi) is 7.47. The number of nitrogens with one attached hydrogen (secondary N) is 1. The zero-order valence-corrected chi connectivity index (χ0v) is 16.1. The molecule has 0 bridgehead atoms. The van der Waals surface area contributed by atoms with Gasteiger partial charge in [0.1, 0.15) is 11.6 Å². The molecule has 0 saturated heterocycles. The highest BCUT2D eigenvalue weighted by molar-refractivity contribution is 14.0. The lowest BCUT2D eigenvalue weighted by molar-refractivity contribution is 0.392. The standard InChI is InChI=1S/C16H21FN4O.HI/c1-11-15(12(2)22-20-11)9-19-16(18-3)21(4)10-13-6-5-7-14(17)8-13;/h5-8H,9-10H2,1-4H3,(H,18,19);1H. The Morgan fingerprint density at radius 1 is 1.39 bits per heavy atom. The molecule has 5 nitrogen and oxygen atoms in total. The predicted molar refractivity (Wildman–Crippen MR) is 99.5 cm³/mol. The average molecular weight is 432 g/mol. The Labute approximate surface area is 153 Å². The number of nitrogens with zero attached hydrogens (tertiary/aromatic N) is 3. The third-order valence-corrected chi connectivity index (χ3v) is 3.49. The Bertz CT molecular complexity index is 652. The zero-order valence-electron chi connectivity index (χ0n) is 13.8. The number of aromatic nitrogens is 1. The highest BCUT2D eigenvalue weighted by Crippen LogP contribution is 2.12. The minimum Gasteiger partial charge on any atom is -0.361 e. The van der Waals surface area contributed by atoms with Crippen LogP contribution in [0.4, 0.5) is 4.39 Å². The molecular formula is C16H22FIN4O. The summed E-state index contributed by atoms with van der Waals surface area (Å²) in [7, 11) is 3.63. The molecule has 0 saturated carbocycles. The quantitative estimate of drug-likeness (QED) is 0.458. The maximum Gasteiger partial charge on any atom is 0.193 e. The molecule has 23 heavy (non-hydrogen) atoms. The van der Waals surface area contributed by atoms with Crippen molar-refractivity contribution in [3.63, 3.8) is 0 Å². The van der Waals surface area contributed by atoms with Crippen molar-refractivity contribution in [3.8, 4) is 0 Å². The van der Waals surface area contributed by atoms with Crippen molar-refractivity contribution in [1.29, 1.82) is 0 Å². The van der Waals surface area contributed by atoms with E-state index in [1.807, 2.05) is 31.9 Å². The molecule has 1 aromatic heterocycles. The van der Waals surface area contributed by atoms with E-state index < -0.39 is 0 Å². The van der Waals surface area contributed by atoms with Crippen molar-refractivity contribution in [2.24, 2.45) is 4.99 Å². The van der Waals surface area contributed by atoms with Gasteiger partial charge in [0, 0.05) is 32.7 Å². The van der Waals surface area contributed by atoms with Crippen LogP contribution in [-0.2, 0) is 13.1 Å². The minimum atomic E-state index is -0.232. The molecule has 2 rings (SSSR count). The number of hydrogen-bond acceptors (Lipinski definition) is 3. The first-order valence-corrected chi connectivity index (χ1v) is 7.09. The van der Waals surface area contributed by atoms with Crippen LogP contribution >= 0.6 is 24.0 Å². The molecule has 0 aliphatic rings. The Morgan fingerprint density at radius 2 is 2.13 bits per heavy atom. The molecule has 0 aliphatic heterocycles. The third-order valence-electron chi connectivity index (χ3n) is 3.49. The van der Waals surface area contributed by atoms with Crippen LogP contribution in [0.25, 0.3) is 0 Å². The minimum absolute atomic E-state index is 0. The summed E-state index contributed by atoms with van der Waals surface area (Å²) >= 11 is 0. The number of guanidine groups is 1. The van der Waals surface area contributed by atoms with Gasteiger partial charge in [0.15, 0.2) is 5.96 Å². The molecule has 1 aromatic carbocycles. The van der Waals surface area contributed by atoms with Crippen molar-refractivity contribution in [1.82, 2.24) is 15.4 Å². The van der Waals surface area contributed by atoms with Gasteiger partial charge in [-0.05, 0) is 31.5 Å². The molecule has 1 N–H and O–H groups in total. The molecule has 0 radical (unpaired) electrons. The van der Waals surface area contributed by atoms with Crippen LogP contribution in [0.3, 0.4) is 0 Å². The lowest BCUT2D eigenvalue weighted by Crippen LogP contribution is -2.38. The van der Waals surface area contributed by atoms with Gasteiger partial charge < -0.3 is 14.7 Å². The van der Waals surface area contributed by atoms with Crippen molar-refractivity contribution in [3.05, 3.63) is 52.7 Å². The average Bonchev–Trinajstić information content (AvgIpc) is 2.79. The van der Waals surface area contributed by atoms with Gasteiger partial charge in [-0.25, -0.2) is 4.39 Å². The van der Waals surface area contributed by atoms with E-state index in [0.29, 0.717) is 13.1 Å². The van der Waals surface area contributed by atoms with Crippen molar-refractivity contribution < 1.29 is 8.91 Å². The molecule has 0 atom stereocenters. The first kappa shape index (κ1) is 19.4. The van der Waals surface area contributed by atoms with Gasteiger partial charge in [-0.15, -0.1) is 24.0 Å². The second-order valence-electron chi connectivity index (χ2n) is 5.19. The number of aryl methyl sites for hydroxylation is 2. The summed E-state index contributed by atoms with van der Waals surface area (Å²) in [6.07, 6.45) is 0. The second kappa shape index (κ2) is 8.85. The van der Waals surface area contributed by atoms with Gasteiger partial charge in [0.2, 0.25) is 0 Å². The summed E-state index contributed by atoms with van der Waals surface area (Å²) in [6.45, 7) is 4.95. The number of hydrogen-bond donors (Lipinski definition) is 1. The Hall–Kier alpha value is -1.64. The summed E-state index contributed by atoms with van der Waals surface area (Å²) in [6, 6.07) is 6.56. The molecule has 0 aliphatic carbocycles. The lowest BCUT2D eigenvalue weighted by atomic mass is 10.2. The number of aliphatic imine (C=N–C) groups is 1. The molecule has 1 heterocycles. The number of halogens is 2. The lowest BCUT2D eigenvalue weighted by Gasteiger charge is -2.22. The fraction of sp³-hybridized carbons (Fsp3) is 0.375. The molecule has 0 unspecified atom stereocenters. The second-order valence-corrected chi connectivity index (χ2v) is 5.19. The number of benzene rings is 1. The third kappa shape index (κ3) is 5.19. The van der Waals surface area contributed by atoms with E-state index in [1.54, 1.807) is 13.1 Å². The van der Waals surface area contributed by atoms with E-state index in [0.717, 1.165) is 28.5 Å². The van der Waals surface area contributed by atoms with Crippen molar-refractivity contribution in [2.75, 3.05) is 14.1 Å². The number of rotatable bonds is 4. The summed E-state index contributed by atoms with van der Waals surface area (Å²) in [5.41, 5.74) is 2.79. The van der Waals surface area contributed by atoms with Crippen LogP contribution in [0, 0.1) is 19.7 Å². The van der Waals surface area contributed by atoms with Crippen LogP contribution < -0.4 is 5.32 Å². The summed E-state index contributed by atoms with van der Waals surface area (Å²) in [5.74, 6) is 1.29. The van der Waals surface area contributed by atoms with Gasteiger partial charge >= 0.3 is 0 Å². The molecule has 7 heteroatoms.